The number of hydrogen-bond donors (Lipinski definition) is 1. The Bertz CT molecular complexity index is 1680. The van der Waals surface area contributed by atoms with Crippen molar-refractivity contribution in [3.05, 3.63) is 59.7 Å². The Morgan fingerprint density at radius 1 is 0.554 bits per heavy atom. The summed E-state index contributed by atoms with van der Waals surface area (Å²) in [6.07, 6.45) is 0.981. The van der Waals surface area contributed by atoms with E-state index in [1.165, 1.54) is 0 Å². The molecule has 1 N–H and O–H groups in total. The van der Waals surface area contributed by atoms with Crippen LogP contribution in [0.5, 0.6) is 0 Å². The van der Waals surface area contributed by atoms with E-state index in [1.54, 1.807) is 28.8 Å². The van der Waals surface area contributed by atoms with E-state index in [-0.39, 0.29) is 121 Å². The lowest BCUT2D eigenvalue weighted by atomic mass is 9.98. The summed E-state index contributed by atoms with van der Waals surface area (Å²) in [6, 6.07) is 16.3. The molecule has 0 saturated heterocycles. The number of fused-ring (bicyclic) bond motifs is 3. The minimum atomic E-state index is -0.546. The van der Waals surface area contributed by atoms with Gasteiger partial charge in [-0.3, -0.25) is 19.2 Å². The zero-order valence-corrected chi connectivity index (χ0v) is 39.6. The van der Waals surface area contributed by atoms with Crippen molar-refractivity contribution < 1.29 is 61.9 Å². The second kappa shape index (κ2) is 31.3. The number of alkyl carbamates (subject to hydrolysis) is 1. The van der Waals surface area contributed by atoms with E-state index in [4.69, 9.17) is 37.9 Å². The molecule has 0 radical (unpaired) electrons. The average Bonchev–Trinajstić information content (AvgIpc) is 3.60. The molecule has 0 aromatic heterocycles. The maximum absolute atomic E-state index is 13.5. The summed E-state index contributed by atoms with van der Waals surface area (Å²) < 4.78 is 43.9. The second-order valence-electron chi connectivity index (χ2n) is 16.5. The molecule has 0 aliphatic heterocycles. The molecule has 0 bridgehead atoms. The van der Waals surface area contributed by atoms with Crippen molar-refractivity contribution in [2.24, 2.45) is 0 Å². The van der Waals surface area contributed by atoms with Gasteiger partial charge in [-0.25, -0.2) is 4.79 Å². The number of hydrogen-bond acceptors (Lipinski definition) is 13. The monoisotopic (exact) mass is 915 g/mol. The van der Waals surface area contributed by atoms with E-state index in [2.05, 4.69) is 29.6 Å². The number of esters is 1. The van der Waals surface area contributed by atoms with Gasteiger partial charge in [-0.2, -0.15) is 0 Å². The summed E-state index contributed by atoms with van der Waals surface area (Å²) in [5.41, 5.74) is 4.04. The third-order valence-corrected chi connectivity index (χ3v) is 10.2. The van der Waals surface area contributed by atoms with Crippen LogP contribution in [-0.4, -0.2) is 183 Å². The molecule has 0 heterocycles. The Balaban J connectivity index is 1.35. The zero-order chi connectivity index (χ0) is 47.3. The van der Waals surface area contributed by atoms with Gasteiger partial charge >= 0.3 is 12.1 Å². The highest BCUT2D eigenvalue weighted by Gasteiger charge is 2.29. The van der Waals surface area contributed by atoms with Crippen LogP contribution in [0.3, 0.4) is 0 Å². The molecule has 3 rings (SSSR count). The van der Waals surface area contributed by atoms with Gasteiger partial charge < -0.3 is 57.9 Å². The minimum Gasteiger partial charge on any atom is -0.460 e. The van der Waals surface area contributed by atoms with Crippen LogP contribution in [0, 0.1) is 0 Å². The number of nitrogens with one attached hydrogen (secondary N) is 1. The molecular formula is C48H74N4O13. The third kappa shape index (κ3) is 22.4. The highest BCUT2D eigenvalue weighted by atomic mass is 16.6. The molecule has 17 heteroatoms. The van der Waals surface area contributed by atoms with E-state index in [0.717, 1.165) is 28.7 Å². The molecule has 2 aromatic carbocycles. The molecule has 0 saturated carbocycles. The van der Waals surface area contributed by atoms with Crippen LogP contribution in [-0.2, 0) is 57.1 Å². The van der Waals surface area contributed by atoms with E-state index in [9.17, 15) is 24.0 Å². The van der Waals surface area contributed by atoms with Crippen LogP contribution in [0.15, 0.2) is 48.5 Å². The first kappa shape index (κ1) is 54.7. The van der Waals surface area contributed by atoms with Crippen LogP contribution in [0.4, 0.5) is 4.79 Å². The van der Waals surface area contributed by atoms with E-state index in [1.807, 2.05) is 52.0 Å². The SMILES string of the molecule is CCCOCCOCCC(=O)N(C)CCN(CCN(C)C(=O)CCOCCOCCOCCC(=O)OC(C)(C)C)C(=O)CCOCCNC(=O)OCC1c2ccccc2-c2ccccc21. The number of carbonyl (C=O) groups is 5. The number of nitrogens with zero attached hydrogens (tertiary/aromatic N) is 3. The lowest BCUT2D eigenvalue weighted by Gasteiger charge is -2.28. The van der Waals surface area contributed by atoms with Crippen LogP contribution in [0.25, 0.3) is 11.1 Å². The standard InChI is InChI=1S/C48H74N4O13/c1-7-25-58-31-32-60-26-16-43(53)50(5)21-23-52(24-22-51(6)44(54)17-27-61-33-35-63-36-34-62-29-19-46(56)65-48(2,3)4)45(55)18-28-59-30-20-49-47(57)64-37-42-40-14-10-8-12-38(40)39-13-9-11-15-41(39)42/h8-15,42H,7,16-37H2,1-6H3,(H,49,57). The molecule has 1 aliphatic carbocycles. The normalized spacial score (nSPS) is 12.0. The average molecular weight is 915 g/mol. The molecule has 0 atom stereocenters. The first-order valence-corrected chi connectivity index (χ1v) is 22.8. The Labute approximate surface area is 385 Å². The fraction of sp³-hybridized carbons (Fsp3) is 0.646. The number of likely N-dealkylation sites (N-methyl/N-ethyl adjacent to an activating group) is 2. The summed E-state index contributed by atoms with van der Waals surface area (Å²) in [5.74, 6) is -0.799. The fourth-order valence-electron chi connectivity index (χ4n) is 6.70. The Kier molecular flexibility index (Phi) is 26.3. The smallest absolute Gasteiger partial charge is 0.407 e. The maximum Gasteiger partial charge on any atom is 0.407 e. The number of carbonyl (C=O) groups excluding carboxylic acids is 5. The van der Waals surface area contributed by atoms with Crippen molar-refractivity contribution >= 4 is 29.8 Å². The Hall–Kier alpha value is -4.65. The largest absolute Gasteiger partial charge is 0.460 e. The molecular weight excluding hydrogens is 841 g/mol. The van der Waals surface area contributed by atoms with E-state index in [0.29, 0.717) is 52.8 Å². The number of rotatable bonds is 34. The van der Waals surface area contributed by atoms with Gasteiger partial charge in [-0.1, -0.05) is 55.5 Å². The van der Waals surface area contributed by atoms with Crippen molar-refractivity contribution in [3.63, 3.8) is 0 Å². The van der Waals surface area contributed by atoms with Crippen molar-refractivity contribution in [3.8, 4) is 11.1 Å². The molecule has 4 amide bonds. The topological polar surface area (TPSA) is 181 Å². The number of amides is 4. The van der Waals surface area contributed by atoms with Crippen LogP contribution in [0.2, 0.25) is 0 Å². The summed E-state index contributed by atoms with van der Waals surface area (Å²) in [4.78, 5) is 68.2. The molecule has 1 aliphatic rings. The van der Waals surface area contributed by atoms with Gasteiger partial charge in [-0.15, -0.1) is 0 Å². The van der Waals surface area contributed by atoms with E-state index < -0.39 is 11.7 Å². The third-order valence-electron chi connectivity index (χ3n) is 10.2. The van der Waals surface area contributed by atoms with Gasteiger partial charge in [0.15, 0.2) is 0 Å². The van der Waals surface area contributed by atoms with E-state index >= 15 is 0 Å². The number of ether oxygens (including phenoxy) is 8. The number of benzene rings is 2. The van der Waals surface area contributed by atoms with Crippen molar-refractivity contribution in [1.29, 1.82) is 0 Å². The van der Waals surface area contributed by atoms with Gasteiger partial charge in [0.2, 0.25) is 17.7 Å². The van der Waals surface area contributed by atoms with Crippen LogP contribution in [0.1, 0.15) is 76.8 Å². The maximum atomic E-state index is 13.5. The van der Waals surface area contributed by atoms with Gasteiger partial charge in [0.05, 0.1) is 98.4 Å². The minimum absolute atomic E-state index is 0.0438. The van der Waals surface area contributed by atoms with Crippen molar-refractivity contribution in [2.45, 2.75) is 71.3 Å². The van der Waals surface area contributed by atoms with Gasteiger partial charge in [0.1, 0.15) is 12.2 Å². The molecule has 364 valence electrons. The van der Waals surface area contributed by atoms with Gasteiger partial charge in [0.25, 0.3) is 0 Å². The molecule has 0 fully saturated rings. The van der Waals surface area contributed by atoms with Crippen molar-refractivity contribution in [2.75, 3.05) is 133 Å². The fourth-order valence-corrected chi connectivity index (χ4v) is 6.70. The van der Waals surface area contributed by atoms with Crippen LogP contribution >= 0.6 is 0 Å². The van der Waals surface area contributed by atoms with Crippen molar-refractivity contribution in [1.82, 2.24) is 20.0 Å². The Morgan fingerprint density at radius 3 is 1.48 bits per heavy atom. The van der Waals surface area contributed by atoms with Gasteiger partial charge in [-0.05, 0) is 49.4 Å². The lowest BCUT2D eigenvalue weighted by molar-refractivity contribution is -0.156. The highest BCUT2D eigenvalue weighted by Crippen LogP contribution is 2.44. The Morgan fingerprint density at radius 2 is 0.985 bits per heavy atom. The van der Waals surface area contributed by atoms with Crippen LogP contribution < -0.4 is 5.32 Å². The quantitative estimate of drug-likeness (QED) is 0.0756. The highest BCUT2D eigenvalue weighted by molar-refractivity contribution is 5.80. The molecule has 65 heavy (non-hydrogen) atoms. The summed E-state index contributed by atoms with van der Waals surface area (Å²) in [5, 5.41) is 2.72. The summed E-state index contributed by atoms with van der Waals surface area (Å²) >= 11 is 0. The molecule has 0 spiro atoms. The first-order valence-electron chi connectivity index (χ1n) is 22.8. The predicted molar refractivity (Wildman–Crippen MR) is 244 cm³/mol. The molecule has 2 aromatic rings. The lowest BCUT2D eigenvalue weighted by Crippen LogP contribution is -2.44. The predicted octanol–water partition coefficient (Wildman–Crippen LogP) is 4.68. The zero-order valence-electron chi connectivity index (χ0n) is 39.6. The second-order valence-corrected chi connectivity index (χ2v) is 16.5. The van der Waals surface area contributed by atoms with Gasteiger partial charge in [0, 0.05) is 59.3 Å². The summed E-state index contributed by atoms with van der Waals surface area (Å²) in [6.45, 7) is 12.9. The first-order chi connectivity index (χ1) is 31.3. The molecule has 17 nitrogen and oxygen atoms in total. The molecule has 0 unspecified atom stereocenters. The summed E-state index contributed by atoms with van der Waals surface area (Å²) in [7, 11) is 3.36.